The average Bonchev–Trinajstić information content (AvgIpc) is 2.69. The summed E-state index contributed by atoms with van der Waals surface area (Å²) in [6.45, 7) is 0. The monoisotopic (exact) mass is 320 g/mol. The molecule has 10 heteroatoms. The number of hydrogen-bond donors (Lipinski definition) is 3. The summed E-state index contributed by atoms with van der Waals surface area (Å²) in [5, 5.41) is 14.7. The minimum Gasteiger partial charge on any atom is -0.479 e. The van der Waals surface area contributed by atoms with Crippen LogP contribution in [0, 0.1) is 10.1 Å². The lowest BCUT2D eigenvalue weighted by atomic mass is 10.1. The number of nitrogens with zero attached hydrogens (tertiary/aromatic N) is 3. The van der Waals surface area contributed by atoms with Crippen LogP contribution in [0.25, 0.3) is 0 Å². The number of hydrogen-bond acceptors (Lipinski definition) is 9. The molecule has 1 aliphatic rings. The zero-order chi connectivity index (χ0) is 15.7. The van der Waals surface area contributed by atoms with Crippen molar-refractivity contribution in [3.05, 3.63) is 40.2 Å². The van der Waals surface area contributed by atoms with Crippen molar-refractivity contribution in [2.24, 2.45) is 5.84 Å². The van der Waals surface area contributed by atoms with E-state index in [0.717, 1.165) is 4.90 Å². The maximum absolute atomic E-state index is 11.0. The second-order valence-corrected chi connectivity index (χ2v) is 5.42. The third-order valence-corrected chi connectivity index (χ3v) is 4.24. The number of non-ortho nitro benzene ring substituents is 1. The summed E-state index contributed by atoms with van der Waals surface area (Å²) >= 11 is 1.36. The molecular formula is C12H12N6O3S. The van der Waals surface area contributed by atoms with E-state index >= 15 is 0 Å². The second kappa shape index (κ2) is 5.75. The van der Waals surface area contributed by atoms with Gasteiger partial charge in [-0.05, 0) is 6.07 Å². The molecule has 1 atom stereocenters. The third kappa shape index (κ3) is 2.43. The van der Waals surface area contributed by atoms with Crippen LogP contribution in [0.2, 0.25) is 0 Å². The fourth-order valence-electron chi connectivity index (χ4n) is 2.14. The van der Waals surface area contributed by atoms with E-state index in [1.54, 1.807) is 6.07 Å². The number of nitrogens with two attached hydrogens (primary N) is 1. The van der Waals surface area contributed by atoms with Crippen LogP contribution in [-0.4, -0.2) is 22.0 Å². The van der Waals surface area contributed by atoms with Gasteiger partial charge in [0.1, 0.15) is 23.2 Å². The van der Waals surface area contributed by atoms with Crippen molar-refractivity contribution in [3.8, 4) is 5.88 Å². The number of aromatic nitrogens is 2. The van der Waals surface area contributed by atoms with Crippen molar-refractivity contribution < 1.29 is 9.66 Å². The standard InChI is InChI=1S/C12H12N6O3S/c1-21-11-9-12(15-5-14-11)22-8-3-2-6(18(19)20)4-7(8)10(16-9)17-13/h2-5,10,16-17H,13H2,1H3. The van der Waals surface area contributed by atoms with Crippen molar-refractivity contribution in [2.75, 3.05) is 12.4 Å². The first kappa shape index (κ1) is 14.5. The highest BCUT2D eigenvalue weighted by Gasteiger charge is 2.26. The molecule has 4 N–H and O–H groups in total. The molecule has 0 fully saturated rings. The van der Waals surface area contributed by atoms with Crippen LogP contribution < -0.4 is 21.3 Å². The van der Waals surface area contributed by atoms with Gasteiger partial charge >= 0.3 is 0 Å². The summed E-state index contributed by atoms with van der Waals surface area (Å²) in [6, 6.07) is 4.60. The van der Waals surface area contributed by atoms with Gasteiger partial charge in [-0.2, -0.15) is 4.98 Å². The quantitative estimate of drug-likeness (QED) is 0.333. The normalized spacial score (nSPS) is 16.0. The van der Waals surface area contributed by atoms with Gasteiger partial charge < -0.3 is 10.1 Å². The van der Waals surface area contributed by atoms with E-state index in [4.69, 9.17) is 10.6 Å². The van der Waals surface area contributed by atoms with Gasteiger partial charge in [-0.15, -0.1) is 0 Å². The minimum absolute atomic E-state index is 0.00888. The third-order valence-electron chi connectivity index (χ3n) is 3.15. The molecule has 1 aromatic heterocycles. The molecule has 9 nitrogen and oxygen atoms in total. The number of methoxy groups -OCH3 is 1. The topological polar surface area (TPSA) is 128 Å². The van der Waals surface area contributed by atoms with Gasteiger partial charge in [-0.3, -0.25) is 16.0 Å². The molecule has 0 aliphatic carbocycles. The molecule has 3 rings (SSSR count). The Morgan fingerprint density at radius 3 is 3.00 bits per heavy atom. The number of fused-ring (bicyclic) bond motifs is 2. The molecular weight excluding hydrogens is 308 g/mol. The highest BCUT2D eigenvalue weighted by Crippen LogP contribution is 2.44. The van der Waals surface area contributed by atoms with Crippen molar-refractivity contribution in [2.45, 2.75) is 16.1 Å². The molecule has 0 amide bonds. The zero-order valence-electron chi connectivity index (χ0n) is 11.4. The first-order chi connectivity index (χ1) is 10.6. The Hall–Kier alpha value is -2.43. The predicted molar refractivity (Wildman–Crippen MR) is 79.5 cm³/mol. The molecule has 0 bridgehead atoms. The number of nitro groups is 1. The van der Waals surface area contributed by atoms with E-state index in [1.165, 1.54) is 37.3 Å². The van der Waals surface area contributed by atoms with Crippen LogP contribution in [0.5, 0.6) is 5.88 Å². The van der Waals surface area contributed by atoms with Gasteiger partial charge in [0, 0.05) is 22.6 Å². The molecule has 1 unspecified atom stereocenters. The van der Waals surface area contributed by atoms with Gasteiger partial charge in [-0.1, -0.05) is 11.8 Å². The highest BCUT2D eigenvalue weighted by atomic mass is 32.2. The van der Waals surface area contributed by atoms with Crippen LogP contribution >= 0.6 is 11.8 Å². The SMILES string of the molecule is COc1ncnc2c1NC(NN)c1cc([N+](=O)[O-])ccc1S2. The molecule has 0 saturated heterocycles. The van der Waals surface area contributed by atoms with E-state index in [-0.39, 0.29) is 5.69 Å². The molecule has 0 radical (unpaired) electrons. The number of hydrazine groups is 1. The van der Waals surface area contributed by atoms with Crippen LogP contribution in [-0.2, 0) is 0 Å². The van der Waals surface area contributed by atoms with Gasteiger partial charge in [0.05, 0.1) is 12.0 Å². The fraction of sp³-hybridized carbons (Fsp3) is 0.167. The Balaban J connectivity index is 2.13. The van der Waals surface area contributed by atoms with E-state index in [0.29, 0.717) is 22.2 Å². The van der Waals surface area contributed by atoms with E-state index < -0.39 is 11.1 Å². The molecule has 0 spiro atoms. The van der Waals surface area contributed by atoms with E-state index in [9.17, 15) is 10.1 Å². The number of nitro benzene ring substituents is 1. The lowest BCUT2D eigenvalue weighted by Crippen LogP contribution is -2.33. The number of anilines is 1. The predicted octanol–water partition coefficient (Wildman–Crippen LogP) is 1.43. The van der Waals surface area contributed by atoms with Gasteiger partial charge in [0.2, 0.25) is 5.88 Å². The molecule has 1 aromatic carbocycles. The molecule has 0 saturated carbocycles. The van der Waals surface area contributed by atoms with Gasteiger partial charge in [-0.25, -0.2) is 10.4 Å². The lowest BCUT2D eigenvalue weighted by Gasteiger charge is -2.19. The Morgan fingerprint density at radius 2 is 2.32 bits per heavy atom. The Kier molecular flexibility index (Phi) is 3.79. The van der Waals surface area contributed by atoms with Crippen LogP contribution in [0.4, 0.5) is 11.4 Å². The number of nitrogens with one attached hydrogen (secondary N) is 2. The average molecular weight is 320 g/mol. The summed E-state index contributed by atoms with van der Waals surface area (Å²) in [6.07, 6.45) is 0.858. The summed E-state index contributed by atoms with van der Waals surface area (Å²) in [7, 11) is 1.50. The summed E-state index contributed by atoms with van der Waals surface area (Å²) in [5.74, 6) is 5.96. The molecule has 2 heterocycles. The first-order valence-corrected chi connectivity index (χ1v) is 7.03. The fourth-order valence-corrected chi connectivity index (χ4v) is 3.12. The lowest BCUT2D eigenvalue weighted by molar-refractivity contribution is -0.385. The molecule has 1 aliphatic heterocycles. The summed E-state index contributed by atoms with van der Waals surface area (Å²) in [5.41, 5.74) is 3.83. The maximum Gasteiger partial charge on any atom is 0.269 e. The van der Waals surface area contributed by atoms with Gasteiger partial charge in [0.25, 0.3) is 5.69 Å². The van der Waals surface area contributed by atoms with Crippen LogP contribution in [0.3, 0.4) is 0 Å². The van der Waals surface area contributed by atoms with E-state index in [2.05, 4.69) is 20.7 Å². The Morgan fingerprint density at radius 1 is 1.50 bits per heavy atom. The van der Waals surface area contributed by atoms with Crippen molar-refractivity contribution in [1.29, 1.82) is 0 Å². The molecule has 2 aromatic rings. The zero-order valence-corrected chi connectivity index (χ0v) is 12.3. The number of ether oxygens (including phenoxy) is 1. The van der Waals surface area contributed by atoms with E-state index in [1.807, 2.05) is 0 Å². The van der Waals surface area contributed by atoms with Gasteiger partial charge in [0.15, 0.2) is 0 Å². The summed E-state index contributed by atoms with van der Waals surface area (Å²) in [4.78, 5) is 19.6. The molecule has 22 heavy (non-hydrogen) atoms. The number of benzene rings is 1. The van der Waals surface area contributed by atoms with Crippen molar-refractivity contribution in [1.82, 2.24) is 15.4 Å². The molecule has 114 valence electrons. The summed E-state index contributed by atoms with van der Waals surface area (Å²) < 4.78 is 5.22. The highest BCUT2D eigenvalue weighted by molar-refractivity contribution is 7.99. The number of rotatable bonds is 3. The largest absolute Gasteiger partial charge is 0.479 e. The second-order valence-electron chi connectivity index (χ2n) is 4.39. The first-order valence-electron chi connectivity index (χ1n) is 6.22. The van der Waals surface area contributed by atoms with Crippen LogP contribution in [0.15, 0.2) is 34.4 Å². The van der Waals surface area contributed by atoms with Crippen molar-refractivity contribution >= 4 is 23.1 Å². The van der Waals surface area contributed by atoms with Crippen LogP contribution in [0.1, 0.15) is 11.7 Å². The van der Waals surface area contributed by atoms with Crippen molar-refractivity contribution in [3.63, 3.8) is 0 Å². The Bertz CT molecular complexity index is 741. The smallest absolute Gasteiger partial charge is 0.269 e. The Labute approximate surface area is 129 Å². The minimum atomic E-state index is -0.538. The maximum atomic E-state index is 11.0.